The molecule has 354 valence electrons. The Kier molecular flexibility index (Phi) is 50.8. The number of allylic oxidation sites excluding steroid dienone is 5. The first-order valence-electron chi connectivity index (χ1n) is 27.2. The van der Waals surface area contributed by atoms with Crippen molar-refractivity contribution < 1.29 is 15.0 Å². The van der Waals surface area contributed by atoms with E-state index in [1.54, 1.807) is 6.08 Å². The van der Waals surface area contributed by atoms with Gasteiger partial charge in [0.05, 0.1) is 18.8 Å². The van der Waals surface area contributed by atoms with Crippen molar-refractivity contribution in [1.29, 1.82) is 0 Å². The topological polar surface area (TPSA) is 69.6 Å². The molecule has 60 heavy (non-hydrogen) atoms. The molecule has 0 saturated heterocycles. The summed E-state index contributed by atoms with van der Waals surface area (Å²) in [4.78, 5) is 12.4. The van der Waals surface area contributed by atoms with Gasteiger partial charge in [0.1, 0.15) is 0 Å². The van der Waals surface area contributed by atoms with Gasteiger partial charge in [-0.15, -0.1) is 0 Å². The third-order valence-corrected chi connectivity index (χ3v) is 12.6. The molecule has 2 atom stereocenters. The zero-order valence-corrected chi connectivity index (χ0v) is 40.7. The third kappa shape index (κ3) is 47.7. The predicted octanol–water partition coefficient (Wildman–Crippen LogP) is 17.7. The van der Waals surface area contributed by atoms with E-state index in [1.807, 2.05) is 6.08 Å². The molecular formula is C56H107NO3. The van der Waals surface area contributed by atoms with E-state index in [0.29, 0.717) is 6.42 Å². The zero-order chi connectivity index (χ0) is 43.5. The predicted molar refractivity (Wildman–Crippen MR) is 267 cm³/mol. The normalized spacial score (nSPS) is 13.1. The average molecular weight is 842 g/mol. The summed E-state index contributed by atoms with van der Waals surface area (Å²) in [7, 11) is 0. The van der Waals surface area contributed by atoms with Crippen molar-refractivity contribution in [3.05, 3.63) is 36.5 Å². The minimum Gasteiger partial charge on any atom is -0.394 e. The maximum Gasteiger partial charge on any atom is 0.220 e. The number of nitrogens with one attached hydrogen (secondary N) is 1. The molecule has 0 aliphatic rings. The van der Waals surface area contributed by atoms with Crippen molar-refractivity contribution in [2.24, 2.45) is 0 Å². The Bertz CT molecular complexity index is 912. The highest BCUT2D eigenvalue weighted by molar-refractivity contribution is 5.76. The lowest BCUT2D eigenvalue weighted by Gasteiger charge is -2.19. The Morgan fingerprint density at radius 2 is 0.650 bits per heavy atom. The van der Waals surface area contributed by atoms with Gasteiger partial charge in [0.15, 0.2) is 0 Å². The molecular weight excluding hydrogens is 735 g/mol. The van der Waals surface area contributed by atoms with E-state index in [2.05, 4.69) is 43.5 Å². The second-order valence-electron chi connectivity index (χ2n) is 18.6. The Morgan fingerprint density at radius 3 is 0.967 bits per heavy atom. The molecule has 0 aromatic heterocycles. The van der Waals surface area contributed by atoms with Crippen molar-refractivity contribution >= 4 is 5.91 Å². The van der Waals surface area contributed by atoms with E-state index >= 15 is 0 Å². The van der Waals surface area contributed by atoms with Crippen LogP contribution in [0.15, 0.2) is 36.5 Å². The number of hydrogen-bond donors (Lipinski definition) is 3. The van der Waals surface area contributed by atoms with Gasteiger partial charge in [0.2, 0.25) is 5.91 Å². The van der Waals surface area contributed by atoms with Gasteiger partial charge in [-0.3, -0.25) is 4.79 Å². The van der Waals surface area contributed by atoms with E-state index in [0.717, 1.165) is 32.1 Å². The number of aliphatic hydroxyl groups excluding tert-OH is 2. The van der Waals surface area contributed by atoms with E-state index in [1.165, 1.54) is 244 Å². The maximum absolute atomic E-state index is 12.4. The smallest absolute Gasteiger partial charge is 0.220 e. The SMILES string of the molecule is CCCCCCCCCCCCCC/C=C\CCCCCCCCCC(=O)NC(CO)C(O)/C=C/CC/C=C/CCCCCCCCCCCCCCCCCCCCC. The molecule has 0 spiro atoms. The molecule has 0 aromatic rings. The highest BCUT2D eigenvalue weighted by atomic mass is 16.3. The van der Waals surface area contributed by atoms with Crippen LogP contribution in [0.4, 0.5) is 0 Å². The fourth-order valence-corrected chi connectivity index (χ4v) is 8.43. The summed E-state index contributed by atoms with van der Waals surface area (Å²) in [6.45, 7) is 4.33. The molecule has 0 heterocycles. The highest BCUT2D eigenvalue weighted by Crippen LogP contribution is 2.16. The average Bonchev–Trinajstić information content (AvgIpc) is 3.25. The first-order valence-corrected chi connectivity index (χ1v) is 27.2. The summed E-state index contributed by atoms with van der Waals surface area (Å²) in [5.74, 6) is -0.0745. The van der Waals surface area contributed by atoms with E-state index in [9.17, 15) is 15.0 Å². The summed E-state index contributed by atoms with van der Waals surface area (Å²) < 4.78 is 0. The van der Waals surface area contributed by atoms with Gasteiger partial charge in [0.25, 0.3) is 0 Å². The molecule has 4 heteroatoms. The Balaban J connectivity index is 3.54. The quantitative estimate of drug-likeness (QED) is 0.0422. The molecule has 0 saturated carbocycles. The molecule has 0 bridgehead atoms. The largest absolute Gasteiger partial charge is 0.394 e. The van der Waals surface area contributed by atoms with Crippen molar-refractivity contribution in [2.45, 2.75) is 309 Å². The van der Waals surface area contributed by atoms with Crippen LogP contribution < -0.4 is 5.32 Å². The van der Waals surface area contributed by atoms with Crippen molar-refractivity contribution in [2.75, 3.05) is 6.61 Å². The van der Waals surface area contributed by atoms with Gasteiger partial charge >= 0.3 is 0 Å². The van der Waals surface area contributed by atoms with Gasteiger partial charge < -0.3 is 15.5 Å². The lowest BCUT2D eigenvalue weighted by atomic mass is 10.0. The standard InChI is InChI=1S/C56H107NO3/c1-3-5-7-9-11-13-15-17-19-21-23-25-27-28-30-31-33-35-37-39-41-43-45-47-49-51-55(59)54(53-58)57-56(60)52-50-48-46-44-42-40-38-36-34-32-29-26-24-22-20-18-16-14-12-10-8-6-4-2/h32,34,41,43,49,51,54-55,58-59H,3-31,33,35-40,42,44-48,50,52-53H2,1-2H3,(H,57,60)/b34-32-,43-41+,51-49+. The van der Waals surface area contributed by atoms with E-state index < -0.39 is 12.1 Å². The van der Waals surface area contributed by atoms with Gasteiger partial charge in [0, 0.05) is 6.42 Å². The molecule has 0 aromatic carbocycles. The summed E-state index contributed by atoms with van der Waals surface area (Å²) >= 11 is 0. The van der Waals surface area contributed by atoms with E-state index in [-0.39, 0.29) is 12.5 Å². The summed E-state index contributed by atoms with van der Waals surface area (Å²) in [5, 5.41) is 23.1. The third-order valence-electron chi connectivity index (χ3n) is 12.6. The summed E-state index contributed by atoms with van der Waals surface area (Å²) in [5.41, 5.74) is 0. The molecule has 2 unspecified atom stereocenters. The second kappa shape index (κ2) is 52.0. The molecule has 0 radical (unpaired) electrons. The van der Waals surface area contributed by atoms with Crippen LogP contribution in [0.1, 0.15) is 296 Å². The molecule has 1 amide bonds. The number of aliphatic hydroxyl groups is 2. The number of rotatable bonds is 50. The maximum atomic E-state index is 12.4. The van der Waals surface area contributed by atoms with Crippen LogP contribution in [-0.2, 0) is 4.79 Å². The van der Waals surface area contributed by atoms with Crippen LogP contribution >= 0.6 is 0 Å². The fourth-order valence-electron chi connectivity index (χ4n) is 8.43. The fraction of sp³-hybridized carbons (Fsp3) is 0.875. The number of amides is 1. The molecule has 0 aliphatic carbocycles. The van der Waals surface area contributed by atoms with Crippen molar-refractivity contribution in [3.8, 4) is 0 Å². The zero-order valence-electron chi connectivity index (χ0n) is 40.7. The van der Waals surface area contributed by atoms with Gasteiger partial charge in [-0.2, -0.15) is 0 Å². The molecule has 0 rings (SSSR count). The molecule has 0 aliphatic heterocycles. The number of carbonyl (C=O) groups is 1. The van der Waals surface area contributed by atoms with Crippen LogP contribution in [-0.4, -0.2) is 34.9 Å². The Hall–Kier alpha value is -1.39. The summed E-state index contributed by atoms with van der Waals surface area (Å²) in [6, 6.07) is -0.641. The van der Waals surface area contributed by atoms with Gasteiger partial charge in [-0.05, 0) is 57.8 Å². The highest BCUT2D eigenvalue weighted by Gasteiger charge is 2.18. The van der Waals surface area contributed by atoms with Crippen molar-refractivity contribution in [3.63, 3.8) is 0 Å². The Morgan fingerprint density at radius 1 is 0.383 bits per heavy atom. The first kappa shape index (κ1) is 58.6. The summed E-state index contributed by atoms with van der Waals surface area (Å²) in [6.07, 6.45) is 70.1. The molecule has 3 N–H and O–H groups in total. The number of carbonyl (C=O) groups excluding carboxylic acids is 1. The Labute approximate surface area is 376 Å². The molecule has 4 nitrogen and oxygen atoms in total. The van der Waals surface area contributed by atoms with Crippen LogP contribution in [0, 0.1) is 0 Å². The van der Waals surface area contributed by atoms with E-state index in [4.69, 9.17) is 0 Å². The van der Waals surface area contributed by atoms with Gasteiger partial charge in [-0.1, -0.05) is 269 Å². The minimum atomic E-state index is -0.864. The van der Waals surface area contributed by atoms with Crippen LogP contribution in [0.2, 0.25) is 0 Å². The van der Waals surface area contributed by atoms with Gasteiger partial charge in [-0.25, -0.2) is 0 Å². The van der Waals surface area contributed by atoms with Crippen LogP contribution in [0.3, 0.4) is 0 Å². The van der Waals surface area contributed by atoms with Crippen molar-refractivity contribution in [1.82, 2.24) is 5.32 Å². The monoisotopic (exact) mass is 842 g/mol. The molecule has 0 fully saturated rings. The lowest BCUT2D eigenvalue weighted by molar-refractivity contribution is -0.123. The van der Waals surface area contributed by atoms with Crippen LogP contribution in [0.5, 0.6) is 0 Å². The lowest BCUT2D eigenvalue weighted by Crippen LogP contribution is -2.45. The minimum absolute atomic E-state index is 0.0745. The first-order chi connectivity index (χ1) is 29.7. The number of hydrogen-bond acceptors (Lipinski definition) is 3. The number of unbranched alkanes of at least 4 members (excludes halogenated alkanes) is 39. The van der Waals surface area contributed by atoms with Crippen LogP contribution in [0.25, 0.3) is 0 Å². The second-order valence-corrected chi connectivity index (χ2v) is 18.6.